The highest BCUT2D eigenvalue weighted by Gasteiger charge is 2.25. The summed E-state index contributed by atoms with van der Waals surface area (Å²) in [5.41, 5.74) is 4.71. The predicted octanol–water partition coefficient (Wildman–Crippen LogP) is 4.22. The van der Waals surface area contributed by atoms with E-state index in [1.807, 2.05) is 6.07 Å². The molecule has 0 radical (unpaired) electrons. The lowest BCUT2D eigenvalue weighted by Gasteiger charge is -2.08. The summed E-state index contributed by atoms with van der Waals surface area (Å²) in [6, 6.07) is 12.3. The van der Waals surface area contributed by atoms with Crippen molar-refractivity contribution in [2.75, 3.05) is 10.6 Å². The van der Waals surface area contributed by atoms with E-state index in [1.165, 1.54) is 29.5 Å². The largest absolute Gasteiger partial charge is 0.359 e. The van der Waals surface area contributed by atoms with Gasteiger partial charge >= 0.3 is 0 Å². The fraction of sp³-hybridized carbons (Fsp3) is 0.250. The molecule has 4 aromatic rings. The first-order chi connectivity index (χ1) is 13.2. The second-order valence-electron chi connectivity index (χ2n) is 7.06. The summed E-state index contributed by atoms with van der Waals surface area (Å²) in [7, 11) is 0. The van der Waals surface area contributed by atoms with Crippen LogP contribution in [0.5, 0.6) is 0 Å². The smallest absolute Gasteiger partial charge is 0.224 e. The van der Waals surface area contributed by atoms with Gasteiger partial charge < -0.3 is 15.6 Å². The standard InChI is InChI=1S/C20H21N7/c1-12-9-15-14(3-2-4-16(15)23-12)11-22-20-21-8-7-18(25-20)24-19-10-17(26-27-19)13-5-6-13/h2-4,7-10,13,23H,5-6,11H2,1H3,(H3,21,22,24,25,26,27). The van der Waals surface area contributed by atoms with Crippen molar-refractivity contribution < 1.29 is 0 Å². The second-order valence-corrected chi connectivity index (χ2v) is 7.06. The van der Waals surface area contributed by atoms with Crippen molar-refractivity contribution in [2.45, 2.75) is 32.2 Å². The Kier molecular flexibility index (Phi) is 3.78. The van der Waals surface area contributed by atoms with Gasteiger partial charge in [0.25, 0.3) is 0 Å². The maximum absolute atomic E-state index is 4.54. The molecule has 27 heavy (non-hydrogen) atoms. The molecule has 0 saturated heterocycles. The van der Waals surface area contributed by atoms with Crippen molar-refractivity contribution >= 4 is 28.5 Å². The number of H-pyrrole nitrogens is 2. The van der Waals surface area contributed by atoms with E-state index in [4.69, 9.17) is 0 Å². The van der Waals surface area contributed by atoms with Crippen molar-refractivity contribution in [2.24, 2.45) is 0 Å². The number of aromatic nitrogens is 5. The van der Waals surface area contributed by atoms with Gasteiger partial charge in [0.05, 0.1) is 0 Å². The monoisotopic (exact) mass is 359 g/mol. The van der Waals surface area contributed by atoms with Gasteiger partial charge in [-0.3, -0.25) is 5.10 Å². The van der Waals surface area contributed by atoms with E-state index in [0.717, 1.165) is 22.8 Å². The number of benzene rings is 1. The number of nitrogens with one attached hydrogen (secondary N) is 4. The number of aromatic amines is 2. The van der Waals surface area contributed by atoms with E-state index in [9.17, 15) is 0 Å². The zero-order valence-electron chi connectivity index (χ0n) is 15.1. The first-order valence-electron chi connectivity index (χ1n) is 9.21. The zero-order chi connectivity index (χ0) is 18.2. The van der Waals surface area contributed by atoms with Crippen molar-refractivity contribution in [1.29, 1.82) is 0 Å². The molecule has 7 nitrogen and oxygen atoms in total. The molecule has 0 spiro atoms. The van der Waals surface area contributed by atoms with Gasteiger partial charge in [-0.1, -0.05) is 12.1 Å². The number of rotatable bonds is 6. The molecule has 1 aliphatic carbocycles. The summed E-state index contributed by atoms with van der Waals surface area (Å²) in [5, 5.41) is 15.2. The van der Waals surface area contributed by atoms with Crippen LogP contribution in [0.4, 0.5) is 17.6 Å². The first kappa shape index (κ1) is 15.9. The number of hydrogen-bond donors (Lipinski definition) is 4. The summed E-state index contributed by atoms with van der Waals surface area (Å²) < 4.78 is 0. The third-order valence-corrected chi connectivity index (χ3v) is 4.85. The number of aryl methyl sites for hydroxylation is 1. The molecule has 3 heterocycles. The predicted molar refractivity (Wildman–Crippen MR) is 106 cm³/mol. The van der Waals surface area contributed by atoms with Crippen LogP contribution in [0.25, 0.3) is 10.9 Å². The van der Waals surface area contributed by atoms with Gasteiger partial charge in [-0.15, -0.1) is 0 Å². The Labute approximate surface area is 156 Å². The Morgan fingerprint density at radius 2 is 2.07 bits per heavy atom. The van der Waals surface area contributed by atoms with Gasteiger partial charge in [0, 0.05) is 47.0 Å². The second kappa shape index (κ2) is 6.42. The molecule has 5 rings (SSSR count). The summed E-state index contributed by atoms with van der Waals surface area (Å²) >= 11 is 0. The minimum absolute atomic E-state index is 0.585. The third kappa shape index (κ3) is 3.36. The number of nitrogens with zero attached hydrogens (tertiary/aromatic N) is 3. The molecule has 1 fully saturated rings. The molecule has 136 valence electrons. The van der Waals surface area contributed by atoms with Crippen LogP contribution in [-0.2, 0) is 6.54 Å². The van der Waals surface area contributed by atoms with Crippen molar-refractivity contribution in [3.05, 3.63) is 59.5 Å². The Morgan fingerprint density at radius 3 is 2.96 bits per heavy atom. The molecule has 7 heteroatoms. The normalized spacial score (nSPS) is 13.8. The van der Waals surface area contributed by atoms with Crippen LogP contribution < -0.4 is 10.6 Å². The highest BCUT2D eigenvalue weighted by molar-refractivity contribution is 5.84. The van der Waals surface area contributed by atoms with Crippen molar-refractivity contribution in [3.8, 4) is 0 Å². The molecule has 0 amide bonds. The van der Waals surface area contributed by atoms with E-state index >= 15 is 0 Å². The average Bonchev–Trinajstić information content (AvgIpc) is 3.29. The summed E-state index contributed by atoms with van der Waals surface area (Å²) in [5.74, 6) is 2.74. The lowest BCUT2D eigenvalue weighted by Crippen LogP contribution is -2.05. The van der Waals surface area contributed by atoms with E-state index in [2.05, 4.69) is 73.0 Å². The van der Waals surface area contributed by atoms with Crippen molar-refractivity contribution in [1.82, 2.24) is 25.1 Å². The molecular weight excluding hydrogens is 338 g/mol. The maximum atomic E-state index is 4.54. The molecule has 4 N–H and O–H groups in total. The molecule has 0 atom stereocenters. The quantitative estimate of drug-likeness (QED) is 0.413. The molecule has 1 saturated carbocycles. The molecule has 1 aliphatic rings. The molecule has 0 aliphatic heterocycles. The SMILES string of the molecule is Cc1cc2c(CNc3nccc(Nc4cc(C5CC5)[nH]n4)n3)cccc2[nH]1. The Morgan fingerprint density at radius 1 is 1.15 bits per heavy atom. The van der Waals surface area contributed by atoms with Crippen LogP contribution in [0.1, 0.15) is 35.7 Å². The molecule has 0 bridgehead atoms. The van der Waals surface area contributed by atoms with E-state index in [0.29, 0.717) is 18.4 Å². The Hall–Kier alpha value is -3.35. The van der Waals surface area contributed by atoms with Gasteiger partial charge in [0.1, 0.15) is 5.82 Å². The molecule has 0 unspecified atom stereocenters. The fourth-order valence-corrected chi connectivity index (χ4v) is 3.33. The van der Waals surface area contributed by atoms with Gasteiger partial charge in [-0.2, -0.15) is 10.1 Å². The lowest BCUT2D eigenvalue weighted by molar-refractivity contribution is 0.966. The molecular formula is C20H21N7. The minimum atomic E-state index is 0.585. The summed E-state index contributed by atoms with van der Waals surface area (Å²) in [4.78, 5) is 12.2. The van der Waals surface area contributed by atoms with E-state index < -0.39 is 0 Å². The fourth-order valence-electron chi connectivity index (χ4n) is 3.33. The molecule has 1 aromatic carbocycles. The average molecular weight is 359 g/mol. The summed E-state index contributed by atoms with van der Waals surface area (Å²) in [6.45, 7) is 2.73. The zero-order valence-corrected chi connectivity index (χ0v) is 15.1. The minimum Gasteiger partial charge on any atom is -0.359 e. The number of anilines is 3. The van der Waals surface area contributed by atoms with Gasteiger partial charge in [0.2, 0.25) is 5.95 Å². The number of fused-ring (bicyclic) bond motifs is 1. The maximum Gasteiger partial charge on any atom is 0.224 e. The van der Waals surface area contributed by atoms with E-state index in [-0.39, 0.29) is 0 Å². The van der Waals surface area contributed by atoms with Crippen LogP contribution in [0.15, 0.2) is 42.6 Å². The first-order valence-corrected chi connectivity index (χ1v) is 9.21. The Bertz CT molecular complexity index is 1090. The van der Waals surface area contributed by atoms with Crippen LogP contribution in [0, 0.1) is 6.92 Å². The number of hydrogen-bond acceptors (Lipinski definition) is 5. The Balaban J connectivity index is 1.29. The van der Waals surface area contributed by atoms with Crippen molar-refractivity contribution in [3.63, 3.8) is 0 Å². The lowest BCUT2D eigenvalue weighted by atomic mass is 10.1. The third-order valence-electron chi connectivity index (χ3n) is 4.85. The van der Waals surface area contributed by atoms with Crippen LogP contribution in [0.2, 0.25) is 0 Å². The molecule has 3 aromatic heterocycles. The highest BCUT2D eigenvalue weighted by Crippen LogP contribution is 2.39. The highest BCUT2D eigenvalue weighted by atomic mass is 15.2. The topological polar surface area (TPSA) is 94.3 Å². The van der Waals surface area contributed by atoms with Gasteiger partial charge in [-0.25, -0.2) is 4.98 Å². The summed E-state index contributed by atoms with van der Waals surface area (Å²) in [6.07, 6.45) is 4.24. The van der Waals surface area contributed by atoms with E-state index in [1.54, 1.807) is 6.20 Å². The van der Waals surface area contributed by atoms with Gasteiger partial charge in [0.15, 0.2) is 5.82 Å². The van der Waals surface area contributed by atoms with Crippen LogP contribution in [-0.4, -0.2) is 25.1 Å². The van der Waals surface area contributed by atoms with Crippen LogP contribution in [0.3, 0.4) is 0 Å². The van der Waals surface area contributed by atoms with Gasteiger partial charge in [-0.05, 0) is 43.5 Å². The van der Waals surface area contributed by atoms with Crippen LogP contribution >= 0.6 is 0 Å².